The number of Topliss-reactive ketones (excluding diaryl/α,β-unsaturated/α-hetero) is 1. The van der Waals surface area contributed by atoms with E-state index < -0.39 is 4.83 Å². The molecule has 2 aliphatic rings. The van der Waals surface area contributed by atoms with Crippen molar-refractivity contribution in [2.45, 2.75) is 24.1 Å². The molecule has 1 saturated carbocycles. The maximum atomic E-state index is 11.6. The first-order valence-electron chi connectivity index (χ1n) is 4.64. The zero-order valence-electron chi connectivity index (χ0n) is 7.33. The first kappa shape index (κ1) is 9.19. The SMILES string of the molecule is O=C1CCN(CC2CC2)C(=O)[C@@H]1Br. The Bertz CT molecular complexity index is 250. The lowest BCUT2D eigenvalue weighted by atomic mass is 10.1. The standard InChI is InChI=1S/C9H12BrNO2/c10-8-7(12)3-4-11(9(8)13)5-6-1-2-6/h6,8H,1-5H2/t8-/m1/s1. The molecule has 1 heterocycles. The fourth-order valence-electron chi connectivity index (χ4n) is 1.57. The monoisotopic (exact) mass is 245 g/mol. The zero-order valence-corrected chi connectivity index (χ0v) is 8.92. The van der Waals surface area contributed by atoms with Crippen LogP contribution in [0.25, 0.3) is 0 Å². The van der Waals surface area contributed by atoms with Crippen LogP contribution in [0.15, 0.2) is 0 Å². The lowest BCUT2D eigenvalue weighted by molar-refractivity contribution is -0.138. The van der Waals surface area contributed by atoms with Crippen molar-refractivity contribution in [3.8, 4) is 0 Å². The van der Waals surface area contributed by atoms with Gasteiger partial charge in [0.05, 0.1) is 0 Å². The summed E-state index contributed by atoms with van der Waals surface area (Å²) in [5.74, 6) is 0.692. The molecule has 0 aromatic carbocycles. The number of ketones is 1. The van der Waals surface area contributed by atoms with Crippen LogP contribution < -0.4 is 0 Å². The Hall–Kier alpha value is -0.380. The van der Waals surface area contributed by atoms with Gasteiger partial charge in [-0.3, -0.25) is 9.59 Å². The van der Waals surface area contributed by atoms with E-state index in [-0.39, 0.29) is 11.7 Å². The average molecular weight is 246 g/mol. The summed E-state index contributed by atoms with van der Waals surface area (Å²) in [4.78, 5) is 24.0. The predicted octanol–water partition coefficient (Wildman–Crippen LogP) is 0.961. The van der Waals surface area contributed by atoms with Crippen molar-refractivity contribution < 1.29 is 9.59 Å². The fraction of sp³-hybridized carbons (Fsp3) is 0.778. The Morgan fingerprint density at radius 2 is 2.08 bits per heavy atom. The summed E-state index contributed by atoms with van der Waals surface area (Å²) in [6, 6.07) is 0. The van der Waals surface area contributed by atoms with E-state index in [1.807, 2.05) is 4.90 Å². The molecule has 0 bridgehead atoms. The number of rotatable bonds is 2. The van der Waals surface area contributed by atoms with Gasteiger partial charge in [0, 0.05) is 19.5 Å². The molecule has 0 aromatic heterocycles. The van der Waals surface area contributed by atoms with Crippen molar-refractivity contribution in [3.63, 3.8) is 0 Å². The van der Waals surface area contributed by atoms with Crippen LogP contribution in [0.5, 0.6) is 0 Å². The van der Waals surface area contributed by atoms with Crippen LogP contribution >= 0.6 is 15.9 Å². The topological polar surface area (TPSA) is 37.4 Å². The second-order valence-corrected chi connectivity index (χ2v) is 4.72. The number of halogens is 1. The molecule has 0 spiro atoms. The van der Waals surface area contributed by atoms with E-state index in [1.165, 1.54) is 12.8 Å². The van der Waals surface area contributed by atoms with Crippen molar-refractivity contribution in [1.29, 1.82) is 0 Å². The third kappa shape index (κ3) is 1.93. The van der Waals surface area contributed by atoms with Gasteiger partial charge in [-0.2, -0.15) is 0 Å². The Morgan fingerprint density at radius 1 is 1.38 bits per heavy atom. The third-order valence-corrected chi connectivity index (χ3v) is 3.52. The van der Waals surface area contributed by atoms with E-state index in [1.54, 1.807) is 0 Å². The molecule has 13 heavy (non-hydrogen) atoms. The fourth-order valence-corrected chi connectivity index (χ4v) is 2.09. The number of carbonyl (C=O) groups excluding carboxylic acids is 2. The summed E-state index contributed by atoms with van der Waals surface area (Å²) in [5, 5.41) is 0. The van der Waals surface area contributed by atoms with Crippen molar-refractivity contribution in [1.82, 2.24) is 4.90 Å². The van der Waals surface area contributed by atoms with Gasteiger partial charge in [-0.1, -0.05) is 15.9 Å². The highest BCUT2D eigenvalue weighted by Crippen LogP contribution is 2.31. The second-order valence-electron chi connectivity index (χ2n) is 3.81. The molecule has 3 nitrogen and oxygen atoms in total. The Kier molecular flexibility index (Phi) is 2.41. The van der Waals surface area contributed by atoms with Gasteiger partial charge in [-0.25, -0.2) is 0 Å². The second kappa shape index (κ2) is 3.40. The van der Waals surface area contributed by atoms with Crippen LogP contribution in [0.3, 0.4) is 0 Å². The first-order valence-corrected chi connectivity index (χ1v) is 5.55. The number of hydrogen-bond donors (Lipinski definition) is 0. The highest BCUT2D eigenvalue weighted by atomic mass is 79.9. The molecule has 0 unspecified atom stereocenters. The summed E-state index contributed by atoms with van der Waals surface area (Å²) < 4.78 is 0. The van der Waals surface area contributed by atoms with Gasteiger partial charge in [-0.05, 0) is 18.8 Å². The van der Waals surface area contributed by atoms with E-state index >= 15 is 0 Å². The normalized spacial score (nSPS) is 29.6. The molecule has 1 aliphatic carbocycles. The molecule has 0 N–H and O–H groups in total. The number of likely N-dealkylation sites (tertiary alicyclic amines) is 1. The van der Waals surface area contributed by atoms with Gasteiger partial charge in [0.25, 0.3) is 0 Å². The smallest absolute Gasteiger partial charge is 0.243 e. The lowest BCUT2D eigenvalue weighted by Crippen LogP contribution is -2.47. The van der Waals surface area contributed by atoms with Crippen LogP contribution in [-0.2, 0) is 9.59 Å². The van der Waals surface area contributed by atoms with E-state index in [9.17, 15) is 9.59 Å². The Labute approximate surface area is 85.6 Å². The summed E-state index contributed by atoms with van der Waals surface area (Å²) >= 11 is 3.13. The first-order chi connectivity index (χ1) is 6.18. The zero-order chi connectivity index (χ0) is 9.42. The molecule has 1 aliphatic heterocycles. The molecule has 1 saturated heterocycles. The van der Waals surface area contributed by atoms with Gasteiger partial charge in [0.1, 0.15) is 0 Å². The van der Waals surface area contributed by atoms with E-state index in [0.29, 0.717) is 18.9 Å². The largest absolute Gasteiger partial charge is 0.341 e. The number of amides is 1. The van der Waals surface area contributed by atoms with Crippen molar-refractivity contribution >= 4 is 27.6 Å². The van der Waals surface area contributed by atoms with Gasteiger partial charge < -0.3 is 4.90 Å². The number of nitrogens with zero attached hydrogens (tertiary/aromatic N) is 1. The molecule has 0 radical (unpaired) electrons. The summed E-state index contributed by atoms with van der Waals surface area (Å²) in [5.41, 5.74) is 0. The molecule has 0 aromatic rings. The Balaban J connectivity index is 1.96. The number of hydrogen-bond acceptors (Lipinski definition) is 2. The molecule has 1 amide bonds. The summed E-state index contributed by atoms with van der Waals surface area (Å²) in [6.07, 6.45) is 2.99. The van der Waals surface area contributed by atoms with E-state index in [2.05, 4.69) is 15.9 Å². The maximum absolute atomic E-state index is 11.6. The minimum absolute atomic E-state index is 0.0250. The van der Waals surface area contributed by atoms with Gasteiger partial charge >= 0.3 is 0 Å². The molecule has 1 atom stereocenters. The molecule has 2 rings (SSSR count). The van der Waals surface area contributed by atoms with Crippen molar-refractivity contribution in [2.24, 2.45) is 5.92 Å². The van der Waals surface area contributed by atoms with E-state index in [4.69, 9.17) is 0 Å². The molecule has 4 heteroatoms. The Morgan fingerprint density at radius 3 is 2.69 bits per heavy atom. The number of carbonyl (C=O) groups is 2. The highest BCUT2D eigenvalue weighted by molar-refractivity contribution is 9.10. The minimum Gasteiger partial charge on any atom is -0.341 e. The summed E-state index contributed by atoms with van der Waals surface area (Å²) in [7, 11) is 0. The molecular weight excluding hydrogens is 234 g/mol. The number of piperidine rings is 1. The van der Waals surface area contributed by atoms with Crippen molar-refractivity contribution in [3.05, 3.63) is 0 Å². The third-order valence-electron chi connectivity index (χ3n) is 2.61. The van der Waals surface area contributed by atoms with Crippen LogP contribution in [0.2, 0.25) is 0 Å². The minimum atomic E-state index is -0.569. The van der Waals surface area contributed by atoms with Gasteiger partial charge in [0.15, 0.2) is 10.6 Å². The summed E-state index contributed by atoms with van der Waals surface area (Å²) in [6.45, 7) is 1.48. The highest BCUT2D eigenvalue weighted by Gasteiger charge is 2.35. The quantitative estimate of drug-likeness (QED) is 0.537. The van der Waals surface area contributed by atoms with E-state index in [0.717, 1.165) is 6.54 Å². The van der Waals surface area contributed by atoms with Gasteiger partial charge in [0.2, 0.25) is 5.91 Å². The average Bonchev–Trinajstić information content (AvgIpc) is 2.90. The molecular formula is C9H12BrNO2. The van der Waals surface area contributed by atoms with Gasteiger partial charge in [-0.15, -0.1) is 0 Å². The molecule has 2 fully saturated rings. The van der Waals surface area contributed by atoms with Crippen LogP contribution in [-0.4, -0.2) is 34.5 Å². The molecule has 72 valence electrons. The number of alkyl halides is 1. The van der Waals surface area contributed by atoms with Crippen molar-refractivity contribution in [2.75, 3.05) is 13.1 Å². The van der Waals surface area contributed by atoms with Crippen LogP contribution in [0.1, 0.15) is 19.3 Å². The lowest BCUT2D eigenvalue weighted by Gasteiger charge is -2.28. The van der Waals surface area contributed by atoms with Crippen LogP contribution in [0, 0.1) is 5.92 Å². The van der Waals surface area contributed by atoms with Crippen LogP contribution in [0.4, 0.5) is 0 Å². The maximum Gasteiger partial charge on any atom is 0.243 e. The predicted molar refractivity (Wildman–Crippen MR) is 51.6 cm³/mol.